The summed E-state index contributed by atoms with van der Waals surface area (Å²) in [7, 11) is 0. The number of β-amino-alcohol motifs (C(OH)–C–C–N with tert-alkyl or cyclic N) is 1. The maximum atomic E-state index is 13.7. The predicted octanol–water partition coefficient (Wildman–Crippen LogP) is 4.58. The summed E-state index contributed by atoms with van der Waals surface area (Å²) in [5.41, 5.74) is 1.19. The molecule has 0 saturated carbocycles. The Balaban J connectivity index is 1.37. The second-order valence-electron chi connectivity index (χ2n) is 7.80. The molecule has 1 heterocycles. The summed E-state index contributed by atoms with van der Waals surface area (Å²) in [4.78, 5) is 4.63. The molecular weight excluding hydrogens is 403 g/mol. The molecular formula is C24H26ClFN2O2. The summed E-state index contributed by atoms with van der Waals surface area (Å²) in [6.45, 7) is 5.26. The fourth-order valence-corrected chi connectivity index (χ4v) is 4.31. The lowest BCUT2D eigenvalue weighted by atomic mass is 10.1. The van der Waals surface area contributed by atoms with Crippen LogP contribution in [-0.2, 0) is 0 Å². The van der Waals surface area contributed by atoms with E-state index in [4.69, 9.17) is 16.3 Å². The first-order chi connectivity index (χ1) is 14.5. The maximum Gasteiger partial charge on any atom is 0.165 e. The van der Waals surface area contributed by atoms with Crippen LogP contribution < -0.4 is 9.64 Å². The van der Waals surface area contributed by atoms with E-state index in [0.29, 0.717) is 6.54 Å². The fraction of sp³-hybridized carbons (Fsp3) is 0.333. The Bertz CT molecular complexity index is 1020. The highest BCUT2D eigenvalue weighted by molar-refractivity contribution is 6.36. The molecule has 0 spiro atoms. The third-order valence-corrected chi connectivity index (χ3v) is 6.00. The first-order valence-electron chi connectivity index (χ1n) is 10.2. The van der Waals surface area contributed by atoms with E-state index in [-0.39, 0.29) is 18.4 Å². The Kier molecular flexibility index (Phi) is 6.42. The van der Waals surface area contributed by atoms with E-state index in [1.54, 1.807) is 18.2 Å². The molecule has 0 aliphatic carbocycles. The van der Waals surface area contributed by atoms with Crippen LogP contribution in [0.15, 0.2) is 60.7 Å². The van der Waals surface area contributed by atoms with Crippen molar-refractivity contribution in [2.45, 2.75) is 19.1 Å². The number of halogens is 2. The highest BCUT2D eigenvalue weighted by Gasteiger charge is 2.26. The molecule has 158 valence electrons. The lowest BCUT2D eigenvalue weighted by Crippen LogP contribution is -2.54. The van der Waals surface area contributed by atoms with Crippen molar-refractivity contribution in [3.05, 3.63) is 71.5 Å². The number of rotatable bonds is 6. The molecule has 0 aromatic heterocycles. The van der Waals surface area contributed by atoms with Crippen molar-refractivity contribution in [2.24, 2.45) is 0 Å². The van der Waals surface area contributed by atoms with Gasteiger partial charge in [-0.05, 0) is 31.2 Å². The second kappa shape index (κ2) is 9.21. The van der Waals surface area contributed by atoms with Crippen molar-refractivity contribution < 1.29 is 14.2 Å². The molecule has 1 saturated heterocycles. The summed E-state index contributed by atoms with van der Waals surface area (Å²) in [5, 5.41) is 13.4. The quantitative estimate of drug-likeness (QED) is 0.623. The smallest absolute Gasteiger partial charge is 0.165 e. The van der Waals surface area contributed by atoms with E-state index in [9.17, 15) is 9.50 Å². The van der Waals surface area contributed by atoms with Crippen LogP contribution in [0.5, 0.6) is 5.75 Å². The largest absolute Gasteiger partial charge is 0.488 e. The van der Waals surface area contributed by atoms with Gasteiger partial charge >= 0.3 is 0 Å². The van der Waals surface area contributed by atoms with E-state index in [0.717, 1.165) is 35.4 Å². The van der Waals surface area contributed by atoms with Crippen LogP contribution in [0, 0.1) is 5.82 Å². The van der Waals surface area contributed by atoms with Gasteiger partial charge in [-0.25, -0.2) is 4.39 Å². The fourth-order valence-electron chi connectivity index (χ4n) is 4.08. The number of nitrogens with zero attached hydrogens (tertiary/aromatic N) is 2. The number of hydrogen-bond acceptors (Lipinski definition) is 4. The number of anilines is 1. The number of fused-ring (bicyclic) bond motifs is 1. The molecule has 1 N–H and O–H groups in total. The van der Waals surface area contributed by atoms with E-state index < -0.39 is 11.9 Å². The Morgan fingerprint density at radius 3 is 2.57 bits per heavy atom. The monoisotopic (exact) mass is 428 g/mol. The SMILES string of the molecule is CC1CN(c2ccc(Cl)c3ccccc23)CCN1CC(O)COc1ccccc1F. The van der Waals surface area contributed by atoms with Gasteiger partial charge in [0.25, 0.3) is 0 Å². The van der Waals surface area contributed by atoms with Gasteiger partial charge in [0.05, 0.1) is 0 Å². The second-order valence-corrected chi connectivity index (χ2v) is 8.20. The van der Waals surface area contributed by atoms with Gasteiger partial charge in [-0.1, -0.05) is 48.0 Å². The van der Waals surface area contributed by atoms with Crippen LogP contribution in [0.2, 0.25) is 5.02 Å². The van der Waals surface area contributed by atoms with Gasteiger partial charge in [-0.3, -0.25) is 4.90 Å². The average Bonchev–Trinajstić information content (AvgIpc) is 2.75. The minimum absolute atomic E-state index is 0.0652. The van der Waals surface area contributed by atoms with Gasteiger partial charge in [-0.15, -0.1) is 0 Å². The van der Waals surface area contributed by atoms with Crippen LogP contribution >= 0.6 is 11.6 Å². The third-order valence-electron chi connectivity index (χ3n) is 5.67. The van der Waals surface area contributed by atoms with Gasteiger partial charge in [0.2, 0.25) is 0 Å². The average molecular weight is 429 g/mol. The minimum Gasteiger partial charge on any atom is -0.488 e. The highest BCUT2D eigenvalue weighted by atomic mass is 35.5. The normalized spacial score (nSPS) is 18.5. The van der Waals surface area contributed by atoms with Gasteiger partial charge in [0, 0.05) is 53.7 Å². The molecule has 1 aliphatic rings. The summed E-state index contributed by atoms with van der Waals surface area (Å²) >= 11 is 6.37. The molecule has 1 fully saturated rings. The van der Waals surface area contributed by atoms with E-state index in [2.05, 4.69) is 28.9 Å². The number of aliphatic hydroxyl groups is 1. The first kappa shape index (κ1) is 20.9. The van der Waals surface area contributed by atoms with E-state index in [1.807, 2.05) is 24.3 Å². The van der Waals surface area contributed by atoms with Gasteiger partial charge in [0.15, 0.2) is 11.6 Å². The number of hydrogen-bond donors (Lipinski definition) is 1. The number of para-hydroxylation sites is 1. The van der Waals surface area contributed by atoms with Crippen molar-refractivity contribution in [1.82, 2.24) is 4.90 Å². The minimum atomic E-state index is -0.685. The maximum absolute atomic E-state index is 13.7. The van der Waals surface area contributed by atoms with Crippen molar-refractivity contribution in [2.75, 3.05) is 37.7 Å². The molecule has 2 unspecified atom stereocenters. The lowest BCUT2D eigenvalue weighted by Gasteiger charge is -2.42. The molecule has 6 heteroatoms. The summed E-state index contributed by atoms with van der Waals surface area (Å²) in [6.07, 6.45) is -0.685. The molecule has 30 heavy (non-hydrogen) atoms. The number of benzene rings is 3. The number of aliphatic hydroxyl groups excluding tert-OH is 1. The van der Waals surface area contributed by atoms with Crippen LogP contribution in [0.1, 0.15) is 6.92 Å². The molecule has 3 aromatic carbocycles. The standard InChI is InChI=1S/C24H26ClFN2O2/c1-17-14-28(23-11-10-21(25)19-6-2-3-7-20(19)23)13-12-27(17)15-18(29)16-30-24-9-5-4-8-22(24)26/h2-11,17-18,29H,12-16H2,1H3. The Labute approximate surface area is 181 Å². The third kappa shape index (κ3) is 4.53. The van der Waals surface area contributed by atoms with Crippen LogP contribution in [-0.4, -0.2) is 54.9 Å². The van der Waals surface area contributed by atoms with Crippen LogP contribution in [0.3, 0.4) is 0 Å². The van der Waals surface area contributed by atoms with Gasteiger partial charge < -0.3 is 14.7 Å². The molecule has 1 aliphatic heterocycles. The van der Waals surface area contributed by atoms with Crippen LogP contribution in [0.25, 0.3) is 10.8 Å². The molecule has 0 radical (unpaired) electrons. The molecule has 3 aromatic rings. The van der Waals surface area contributed by atoms with Gasteiger partial charge in [0.1, 0.15) is 12.7 Å². The van der Waals surface area contributed by atoms with E-state index in [1.165, 1.54) is 11.8 Å². The number of ether oxygens (including phenoxy) is 1. The molecule has 0 amide bonds. The lowest BCUT2D eigenvalue weighted by molar-refractivity contribution is 0.0502. The Hall–Kier alpha value is -2.34. The van der Waals surface area contributed by atoms with Gasteiger partial charge in [-0.2, -0.15) is 0 Å². The summed E-state index contributed by atoms with van der Waals surface area (Å²) in [5.74, 6) is -0.245. The highest BCUT2D eigenvalue weighted by Crippen LogP contribution is 2.33. The topological polar surface area (TPSA) is 35.9 Å². The van der Waals surface area contributed by atoms with Crippen molar-refractivity contribution in [1.29, 1.82) is 0 Å². The van der Waals surface area contributed by atoms with E-state index >= 15 is 0 Å². The Morgan fingerprint density at radius 2 is 1.80 bits per heavy atom. The van der Waals surface area contributed by atoms with Crippen molar-refractivity contribution in [3.63, 3.8) is 0 Å². The number of piperazine rings is 1. The zero-order valence-corrected chi connectivity index (χ0v) is 17.7. The van der Waals surface area contributed by atoms with Crippen LogP contribution in [0.4, 0.5) is 10.1 Å². The summed E-state index contributed by atoms with van der Waals surface area (Å²) in [6, 6.07) is 18.8. The van der Waals surface area contributed by atoms with Crippen molar-refractivity contribution >= 4 is 28.1 Å². The molecule has 4 rings (SSSR count). The first-order valence-corrected chi connectivity index (χ1v) is 10.6. The molecule has 2 atom stereocenters. The predicted molar refractivity (Wildman–Crippen MR) is 120 cm³/mol. The summed E-state index contributed by atoms with van der Waals surface area (Å²) < 4.78 is 19.1. The Morgan fingerprint density at radius 1 is 1.07 bits per heavy atom. The zero-order valence-electron chi connectivity index (χ0n) is 17.0. The zero-order chi connectivity index (χ0) is 21.1. The van der Waals surface area contributed by atoms with Crippen molar-refractivity contribution in [3.8, 4) is 5.75 Å². The molecule has 4 nitrogen and oxygen atoms in total. The molecule has 0 bridgehead atoms.